The number of nitrogens with zero attached hydrogens (tertiary/aromatic N) is 2. The minimum Gasteiger partial charge on any atom is -0.465 e. The molecule has 252 valence electrons. The van der Waals surface area contributed by atoms with Gasteiger partial charge in [0.2, 0.25) is 0 Å². The van der Waals surface area contributed by atoms with Gasteiger partial charge >= 0.3 is 5.97 Å². The van der Waals surface area contributed by atoms with Crippen molar-refractivity contribution >= 4 is 44.1 Å². The number of ether oxygens (including phenoxy) is 1. The molecule has 0 aromatic heterocycles. The first-order chi connectivity index (χ1) is 23.9. The van der Waals surface area contributed by atoms with Crippen molar-refractivity contribution in [3.05, 3.63) is 142 Å². The van der Waals surface area contributed by atoms with Crippen molar-refractivity contribution in [2.75, 3.05) is 47.4 Å². The molecule has 2 aliphatic carbocycles. The summed E-state index contributed by atoms with van der Waals surface area (Å²) in [5.74, 6) is 1.85. The number of methoxy groups -OCH3 is 1. The van der Waals surface area contributed by atoms with Gasteiger partial charge in [0.1, 0.15) is 0 Å². The number of piperidine rings is 2. The van der Waals surface area contributed by atoms with Gasteiger partial charge in [0, 0.05) is 16.3 Å². The lowest BCUT2D eigenvalue weighted by Gasteiger charge is -2.35. The highest BCUT2D eigenvalue weighted by Crippen LogP contribution is 2.47. The normalized spacial score (nSPS) is 21.2. The molecule has 49 heavy (non-hydrogen) atoms. The summed E-state index contributed by atoms with van der Waals surface area (Å²) < 4.78 is 6.30. The second kappa shape index (κ2) is 15.0. The molecule has 0 bridgehead atoms. The monoisotopic (exact) mass is 714 g/mol. The molecule has 2 saturated heterocycles. The second-order valence-electron chi connectivity index (χ2n) is 14.2. The van der Waals surface area contributed by atoms with E-state index in [-0.39, 0.29) is 5.97 Å². The molecule has 0 saturated carbocycles. The van der Waals surface area contributed by atoms with Crippen LogP contribution >= 0.6 is 15.9 Å². The fraction of sp³-hybridized carbons (Fsp3) is 0.341. The zero-order valence-corrected chi connectivity index (χ0v) is 30.5. The summed E-state index contributed by atoms with van der Waals surface area (Å²) in [5.41, 5.74) is 11.1. The molecule has 2 fully saturated rings. The maximum atomic E-state index is 12.5. The highest BCUT2D eigenvalue weighted by Gasteiger charge is 2.34. The molecule has 2 unspecified atom stereocenters. The van der Waals surface area contributed by atoms with E-state index in [9.17, 15) is 4.79 Å². The first-order valence-electron chi connectivity index (χ1n) is 17.8. The number of benzene rings is 4. The van der Waals surface area contributed by atoms with Crippen LogP contribution in [-0.4, -0.2) is 63.2 Å². The third kappa shape index (κ3) is 6.99. The lowest BCUT2D eigenvalue weighted by atomic mass is 9.74. The van der Waals surface area contributed by atoms with E-state index in [0.717, 1.165) is 30.1 Å². The quantitative estimate of drug-likeness (QED) is 0.198. The Kier molecular flexibility index (Phi) is 10.3. The first kappa shape index (κ1) is 33.7. The summed E-state index contributed by atoms with van der Waals surface area (Å²) in [7, 11) is 5.89. The van der Waals surface area contributed by atoms with Crippen LogP contribution < -0.4 is 0 Å². The van der Waals surface area contributed by atoms with Gasteiger partial charge in [-0.05, 0) is 134 Å². The van der Waals surface area contributed by atoms with Crippen LogP contribution in [0.3, 0.4) is 0 Å². The van der Waals surface area contributed by atoms with Gasteiger partial charge in [0.15, 0.2) is 0 Å². The van der Waals surface area contributed by atoms with Crippen molar-refractivity contribution in [2.24, 2.45) is 11.8 Å². The second-order valence-corrected chi connectivity index (χ2v) is 15.1. The Bertz CT molecular complexity index is 1860. The smallest absolute Gasteiger partial charge is 0.338 e. The van der Waals surface area contributed by atoms with Crippen molar-refractivity contribution in [1.29, 1.82) is 0 Å². The largest absolute Gasteiger partial charge is 0.465 e. The van der Waals surface area contributed by atoms with E-state index in [0.29, 0.717) is 23.3 Å². The Morgan fingerprint density at radius 3 is 1.51 bits per heavy atom. The Morgan fingerprint density at radius 2 is 1.00 bits per heavy atom. The minimum absolute atomic E-state index is 0.267. The van der Waals surface area contributed by atoms with E-state index in [4.69, 9.17) is 4.74 Å². The fourth-order valence-electron chi connectivity index (χ4n) is 8.65. The summed E-state index contributed by atoms with van der Waals surface area (Å²) in [6, 6.07) is 34.7. The molecule has 0 spiro atoms. The highest BCUT2D eigenvalue weighted by atomic mass is 79.9. The highest BCUT2D eigenvalue weighted by molar-refractivity contribution is 9.15. The van der Waals surface area contributed by atoms with Crippen molar-refractivity contribution in [3.8, 4) is 0 Å². The van der Waals surface area contributed by atoms with Crippen molar-refractivity contribution < 1.29 is 9.53 Å². The number of halogens is 1. The molecule has 2 heterocycles. The third-order valence-electron chi connectivity index (χ3n) is 11.3. The van der Waals surface area contributed by atoms with Crippen LogP contribution in [0.4, 0.5) is 0 Å². The summed E-state index contributed by atoms with van der Waals surface area (Å²) in [4.78, 5) is 17.4. The predicted molar refractivity (Wildman–Crippen MR) is 207 cm³/mol. The van der Waals surface area contributed by atoms with Gasteiger partial charge in [-0.3, -0.25) is 0 Å². The van der Waals surface area contributed by atoms with E-state index in [2.05, 4.69) is 131 Å². The third-order valence-corrected chi connectivity index (χ3v) is 11.9. The van der Waals surface area contributed by atoms with Crippen LogP contribution in [0.25, 0.3) is 22.2 Å². The molecule has 4 aromatic rings. The summed E-state index contributed by atoms with van der Waals surface area (Å²) >= 11 is 3.82. The molecule has 2 atom stereocenters. The van der Waals surface area contributed by atoms with Gasteiger partial charge in [-0.2, -0.15) is 0 Å². The van der Waals surface area contributed by atoms with Crippen LogP contribution in [0.15, 0.2) is 97.1 Å². The molecule has 0 amide bonds. The number of hydrogen-bond acceptors (Lipinski definition) is 4. The topological polar surface area (TPSA) is 32.8 Å². The van der Waals surface area contributed by atoms with E-state index < -0.39 is 0 Å². The number of hydrogen-bond donors (Lipinski definition) is 0. The van der Waals surface area contributed by atoms with Gasteiger partial charge in [0.25, 0.3) is 0 Å². The molecule has 4 aromatic carbocycles. The van der Waals surface area contributed by atoms with Gasteiger partial charge in [-0.25, -0.2) is 4.79 Å². The van der Waals surface area contributed by atoms with E-state index >= 15 is 0 Å². The van der Waals surface area contributed by atoms with Crippen LogP contribution in [0, 0.1) is 11.8 Å². The molecule has 4 aliphatic rings. The fourth-order valence-corrected chi connectivity index (χ4v) is 9.26. The zero-order chi connectivity index (χ0) is 33.9. The van der Waals surface area contributed by atoms with E-state index in [1.165, 1.54) is 83.7 Å². The number of carbonyl (C=O) groups excluding carboxylic acids is 1. The van der Waals surface area contributed by atoms with Crippen molar-refractivity contribution in [2.45, 2.75) is 37.5 Å². The lowest BCUT2D eigenvalue weighted by Crippen LogP contribution is -2.33. The molecular weight excluding hydrogens is 668 g/mol. The Labute approximate surface area is 300 Å². The SMILES string of the molecule is CN1CCC(C2c3ccccc3C=C(Br)c3ccccc32)CC1.COC(=O)C1=Cc2ccccc2C(C2CCN(C)CC2)c2ccccc21. The summed E-state index contributed by atoms with van der Waals surface area (Å²) in [6.07, 6.45) is 9.22. The van der Waals surface area contributed by atoms with Gasteiger partial charge in [-0.15, -0.1) is 0 Å². The van der Waals surface area contributed by atoms with Crippen molar-refractivity contribution in [1.82, 2.24) is 9.80 Å². The van der Waals surface area contributed by atoms with Crippen LogP contribution in [0.5, 0.6) is 0 Å². The van der Waals surface area contributed by atoms with Crippen LogP contribution in [-0.2, 0) is 9.53 Å². The maximum Gasteiger partial charge on any atom is 0.338 e. The Hall–Kier alpha value is -3.77. The molecule has 4 nitrogen and oxygen atoms in total. The molecule has 8 rings (SSSR count). The Balaban J connectivity index is 0.000000155. The summed E-state index contributed by atoms with van der Waals surface area (Å²) in [6.45, 7) is 4.67. The maximum absolute atomic E-state index is 12.5. The molecule has 5 heteroatoms. The average molecular weight is 716 g/mol. The lowest BCUT2D eigenvalue weighted by molar-refractivity contribution is -0.133. The predicted octanol–water partition coefficient (Wildman–Crippen LogP) is 9.55. The van der Waals surface area contributed by atoms with Gasteiger partial charge < -0.3 is 14.5 Å². The number of esters is 1. The molecular formula is C44H47BrN2O2. The zero-order valence-electron chi connectivity index (χ0n) is 28.9. The van der Waals surface area contributed by atoms with E-state index in [1.807, 2.05) is 18.2 Å². The molecule has 0 radical (unpaired) electrons. The molecule has 2 aliphatic heterocycles. The van der Waals surface area contributed by atoms with Crippen LogP contribution in [0.1, 0.15) is 82.0 Å². The number of fused-ring (bicyclic) bond motifs is 4. The number of likely N-dealkylation sites (tertiary alicyclic amines) is 2. The number of carbonyl (C=O) groups is 1. The standard InChI is InChI=1S/C23H25NO2.C21H22BrN/c1-24-13-11-16(12-14-24)22-18-8-4-3-7-17(18)15-21(23(25)26-2)19-9-5-6-10-20(19)22;1-23-12-10-15(11-13-23)21-17-7-3-2-6-16(17)14-20(22)18-8-4-5-9-19(18)21/h3-10,15-16,22H,11-14H2,1-2H3;2-9,14-15,21H,10-13H2,1H3. The first-order valence-corrected chi connectivity index (χ1v) is 18.6. The average Bonchev–Trinajstić information content (AvgIpc) is 3.36. The van der Waals surface area contributed by atoms with Gasteiger partial charge in [-0.1, -0.05) is 113 Å². The van der Waals surface area contributed by atoms with Gasteiger partial charge in [0.05, 0.1) is 12.7 Å². The number of rotatable bonds is 3. The Morgan fingerprint density at radius 1 is 0.592 bits per heavy atom. The van der Waals surface area contributed by atoms with Crippen molar-refractivity contribution in [3.63, 3.8) is 0 Å². The van der Waals surface area contributed by atoms with Crippen LogP contribution in [0.2, 0.25) is 0 Å². The molecule has 0 N–H and O–H groups in total. The summed E-state index contributed by atoms with van der Waals surface area (Å²) in [5, 5.41) is 0. The minimum atomic E-state index is -0.267. The van der Waals surface area contributed by atoms with E-state index in [1.54, 1.807) is 0 Å².